The molecule has 3 rings (SSSR count). The lowest BCUT2D eigenvalue weighted by atomic mass is 9.96. The van der Waals surface area contributed by atoms with Gasteiger partial charge < -0.3 is 5.32 Å². The van der Waals surface area contributed by atoms with Crippen molar-refractivity contribution in [1.29, 1.82) is 0 Å². The molecule has 1 saturated heterocycles. The van der Waals surface area contributed by atoms with Crippen LogP contribution in [-0.2, 0) is 11.3 Å². The Morgan fingerprint density at radius 2 is 1.80 bits per heavy atom. The number of amides is 1. The van der Waals surface area contributed by atoms with Gasteiger partial charge in [-0.25, -0.2) is 0 Å². The van der Waals surface area contributed by atoms with Crippen LogP contribution in [0.2, 0.25) is 0 Å². The van der Waals surface area contributed by atoms with Crippen LogP contribution in [0.1, 0.15) is 35.1 Å². The number of hydrogen-bond donors (Lipinski definition) is 1. The fourth-order valence-corrected chi connectivity index (χ4v) is 3.55. The summed E-state index contributed by atoms with van der Waals surface area (Å²) in [7, 11) is 0. The summed E-state index contributed by atoms with van der Waals surface area (Å²) in [6.45, 7) is 9.06. The average Bonchev–Trinajstić information content (AvgIpc) is 2.60. The van der Waals surface area contributed by atoms with Crippen molar-refractivity contribution in [1.82, 2.24) is 4.90 Å². The van der Waals surface area contributed by atoms with Crippen LogP contribution in [0.3, 0.4) is 0 Å². The van der Waals surface area contributed by atoms with Gasteiger partial charge in [0.25, 0.3) is 0 Å². The Hall–Kier alpha value is -2.13. The van der Waals surface area contributed by atoms with Crippen molar-refractivity contribution in [2.45, 2.75) is 40.2 Å². The second kappa shape index (κ2) is 7.83. The number of anilines is 1. The maximum atomic E-state index is 12.7. The van der Waals surface area contributed by atoms with Gasteiger partial charge in [0.15, 0.2) is 0 Å². The maximum Gasteiger partial charge on any atom is 0.228 e. The zero-order valence-electron chi connectivity index (χ0n) is 15.5. The molecule has 1 heterocycles. The summed E-state index contributed by atoms with van der Waals surface area (Å²) in [5, 5.41) is 3.13. The van der Waals surface area contributed by atoms with E-state index >= 15 is 0 Å². The molecule has 0 aliphatic carbocycles. The molecule has 0 bridgehead atoms. The minimum atomic E-state index is 0.0694. The molecule has 2 aromatic carbocycles. The van der Waals surface area contributed by atoms with E-state index in [0.29, 0.717) is 0 Å². The molecular weight excluding hydrogens is 308 g/mol. The van der Waals surface area contributed by atoms with E-state index in [1.807, 2.05) is 19.1 Å². The highest BCUT2D eigenvalue weighted by Crippen LogP contribution is 2.22. The molecule has 2 aromatic rings. The third-order valence-electron chi connectivity index (χ3n) is 5.04. The third kappa shape index (κ3) is 4.70. The van der Waals surface area contributed by atoms with Crippen molar-refractivity contribution in [3.63, 3.8) is 0 Å². The van der Waals surface area contributed by atoms with Gasteiger partial charge in [-0.15, -0.1) is 0 Å². The monoisotopic (exact) mass is 336 g/mol. The van der Waals surface area contributed by atoms with Crippen molar-refractivity contribution >= 4 is 11.6 Å². The lowest BCUT2D eigenvalue weighted by molar-refractivity contribution is -0.121. The molecule has 1 atom stereocenters. The quantitative estimate of drug-likeness (QED) is 0.894. The lowest BCUT2D eigenvalue weighted by Gasteiger charge is -2.32. The van der Waals surface area contributed by atoms with Gasteiger partial charge in [0.2, 0.25) is 5.91 Å². The van der Waals surface area contributed by atoms with Gasteiger partial charge >= 0.3 is 0 Å². The Bertz CT molecular complexity index is 736. The molecule has 3 nitrogen and oxygen atoms in total. The van der Waals surface area contributed by atoms with Crippen LogP contribution < -0.4 is 5.32 Å². The molecule has 25 heavy (non-hydrogen) atoms. The van der Waals surface area contributed by atoms with Gasteiger partial charge in [0.1, 0.15) is 0 Å². The van der Waals surface area contributed by atoms with Crippen molar-refractivity contribution in [2.24, 2.45) is 5.92 Å². The smallest absolute Gasteiger partial charge is 0.228 e. The van der Waals surface area contributed by atoms with E-state index in [9.17, 15) is 4.79 Å². The van der Waals surface area contributed by atoms with E-state index in [4.69, 9.17) is 0 Å². The Balaban J connectivity index is 1.60. The number of piperidine rings is 1. The van der Waals surface area contributed by atoms with Gasteiger partial charge in [-0.2, -0.15) is 0 Å². The fraction of sp³-hybridized carbons (Fsp3) is 0.409. The van der Waals surface area contributed by atoms with Crippen molar-refractivity contribution in [2.75, 3.05) is 18.4 Å². The molecule has 132 valence electrons. The Kier molecular flexibility index (Phi) is 5.54. The number of nitrogens with zero attached hydrogens (tertiary/aromatic N) is 1. The topological polar surface area (TPSA) is 32.3 Å². The zero-order chi connectivity index (χ0) is 17.8. The number of rotatable bonds is 4. The molecule has 1 unspecified atom stereocenters. The van der Waals surface area contributed by atoms with E-state index in [2.05, 4.69) is 54.4 Å². The predicted molar refractivity (Wildman–Crippen MR) is 104 cm³/mol. The van der Waals surface area contributed by atoms with Crippen LogP contribution in [0, 0.1) is 26.7 Å². The molecule has 1 fully saturated rings. The average molecular weight is 336 g/mol. The Morgan fingerprint density at radius 3 is 2.52 bits per heavy atom. The summed E-state index contributed by atoms with van der Waals surface area (Å²) < 4.78 is 0. The van der Waals surface area contributed by atoms with Crippen LogP contribution >= 0.6 is 0 Å². The summed E-state index contributed by atoms with van der Waals surface area (Å²) in [6.07, 6.45) is 2.05. The normalized spacial score (nSPS) is 18.1. The van der Waals surface area contributed by atoms with Crippen LogP contribution in [0.25, 0.3) is 0 Å². The summed E-state index contributed by atoms with van der Waals surface area (Å²) in [6, 6.07) is 14.9. The third-order valence-corrected chi connectivity index (χ3v) is 5.04. The van der Waals surface area contributed by atoms with Gasteiger partial charge in [0, 0.05) is 18.8 Å². The highest BCUT2D eigenvalue weighted by Gasteiger charge is 2.26. The molecular formula is C22H28N2O. The fourth-order valence-electron chi connectivity index (χ4n) is 3.55. The maximum absolute atomic E-state index is 12.7. The van der Waals surface area contributed by atoms with Gasteiger partial charge in [-0.05, 0) is 57.4 Å². The SMILES string of the molecule is Cc1ccc(CN2CCCC(C(=O)Nc3ccc(C)cc3C)C2)cc1. The largest absolute Gasteiger partial charge is 0.326 e. The second-order valence-corrected chi connectivity index (χ2v) is 7.37. The summed E-state index contributed by atoms with van der Waals surface area (Å²) in [4.78, 5) is 15.1. The second-order valence-electron chi connectivity index (χ2n) is 7.37. The van der Waals surface area contributed by atoms with Gasteiger partial charge in [-0.3, -0.25) is 9.69 Å². The molecule has 3 heteroatoms. The Morgan fingerprint density at radius 1 is 1.08 bits per heavy atom. The molecule has 0 spiro atoms. The number of likely N-dealkylation sites (tertiary alicyclic amines) is 1. The number of carbonyl (C=O) groups excluding carboxylic acids is 1. The first-order valence-corrected chi connectivity index (χ1v) is 9.17. The molecule has 1 N–H and O–H groups in total. The number of nitrogens with one attached hydrogen (secondary N) is 1. The van der Waals surface area contributed by atoms with Crippen LogP contribution in [0.5, 0.6) is 0 Å². The summed E-state index contributed by atoms with van der Waals surface area (Å²) in [5.41, 5.74) is 5.89. The lowest BCUT2D eigenvalue weighted by Crippen LogP contribution is -2.40. The standard InChI is InChI=1S/C22H28N2O/c1-16-6-9-19(10-7-16)14-24-12-4-5-20(15-24)22(25)23-21-11-8-17(2)13-18(21)3/h6-11,13,20H,4-5,12,14-15H2,1-3H3,(H,23,25). The predicted octanol–water partition coefficient (Wildman–Crippen LogP) is 4.46. The first-order chi connectivity index (χ1) is 12.0. The van der Waals surface area contributed by atoms with Crippen molar-refractivity contribution in [3.05, 3.63) is 64.7 Å². The van der Waals surface area contributed by atoms with E-state index in [0.717, 1.165) is 43.7 Å². The van der Waals surface area contributed by atoms with E-state index < -0.39 is 0 Å². The summed E-state index contributed by atoms with van der Waals surface area (Å²) in [5.74, 6) is 0.223. The molecule has 0 saturated carbocycles. The molecule has 0 radical (unpaired) electrons. The highest BCUT2D eigenvalue weighted by atomic mass is 16.1. The number of hydrogen-bond acceptors (Lipinski definition) is 2. The molecule has 1 amide bonds. The first kappa shape index (κ1) is 17.7. The van der Waals surface area contributed by atoms with Crippen LogP contribution in [0.4, 0.5) is 5.69 Å². The van der Waals surface area contributed by atoms with Crippen molar-refractivity contribution < 1.29 is 4.79 Å². The van der Waals surface area contributed by atoms with Crippen LogP contribution in [-0.4, -0.2) is 23.9 Å². The Labute approximate surface area is 151 Å². The summed E-state index contributed by atoms with van der Waals surface area (Å²) >= 11 is 0. The molecule has 1 aliphatic heterocycles. The first-order valence-electron chi connectivity index (χ1n) is 9.17. The van der Waals surface area contributed by atoms with Gasteiger partial charge in [-0.1, -0.05) is 47.5 Å². The molecule has 1 aliphatic rings. The molecule has 0 aromatic heterocycles. The van der Waals surface area contributed by atoms with E-state index in [-0.39, 0.29) is 11.8 Å². The number of carbonyl (C=O) groups is 1. The van der Waals surface area contributed by atoms with Crippen LogP contribution in [0.15, 0.2) is 42.5 Å². The van der Waals surface area contributed by atoms with E-state index in [1.54, 1.807) is 0 Å². The number of aryl methyl sites for hydroxylation is 3. The number of benzene rings is 2. The zero-order valence-corrected chi connectivity index (χ0v) is 15.5. The van der Waals surface area contributed by atoms with E-state index in [1.165, 1.54) is 16.7 Å². The van der Waals surface area contributed by atoms with Crippen molar-refractivity contribution in [3.8, 4) is 0 Å². The van der Waals surface area contributed by atoms with Gasteiger partial charge in [0.05, 0.1) is 5.92 Å². The minimum Gasteiger partial charge on any atom is -0.326 e. The highest BCUT2D eigenvalue weighted by molar-refractivity contribution is 5.93. The minimum absolute atomic E-state index is 0.0694.